The highest BCUT2D eigenvalue weighted by Gasteiger charge is 2.06. The molecule has 0 saturated heterocycles. The molecule has 0 radical (unpaired) electrons. The molecule has 0 spiro atoms. The van der Waals surface area contributed by atoms with E-state index in [1.165, 1.54) is 18.2 Å². The third-order valence-electron chi connectivity index (χ3n) is 3.51. The molecule has 23 heavy (non-hydrogen) atoms. The van der Waals surface area contributed by atoms with E-state index in [0.717, 1.165) is 6.42 Å². The van der Waals surface area contributed by atoms with Crippen LogP contribution in [-0.4, -0.2) is 25.7 Å². The Balaban J connectivity index is 1.81. The van der Waals surface area contributed by atoms with Crippen LogP contribution in [0.4, 0.5) is 10.5 Å². The second-order valence-corrected chi connectivity index (χ2v) is 5.13. The van der Waals surface area contributed by atoms with Crippen molar-refractivity contribution >= 4 is 17.7 Å². The lowest BCUT2D eigenvalue weighted by Crippen LogP contribution is -2.30. The molecule has 5 heteroatoms. The first-order valence-corrected chi connectivity index (χ1v) is 7.38. The van der Waals surface area contributed by atoms with E-state index in [2.05, 4.69) is 34.4 Å². The zero-order valence-corrected chi connectivity index (χ0v) is 13.3. The number of rotatable bonds is 5. The van der Waals surface area contributed by atoms with Gasteiger partial charge >= 0.3 is 12.0 Å². The largest absolute Gasteiger partial charge is 0.465 e. The number of anilines is 1. The first-order valence-electron chi connectivity index (χ1n) is 7.38. The lowest BCUT2D eigenvalue weighted by molar-refractivity contribution is 0.0601. The van der Waals surface area contributed by atoms with Crippen molar-refractivity contribution in [3.8, 4) is 0 Å². The number of nitrogens with one attached hydrogen (secondary N) is 2. The molecular weight excluding hydrogens is 292 g/mol. The molecule has 0 bridgehead atoms. The van der Waals surface area contributed by atoms with Crippen molar-refractivity contribution in [1.82, 2.24) is 5.32 Å². The van der Waals surface area contributed by atoms with Gasteiger partial charge in [0, 0.05) is 12.2 Å². The van der Waals surface area contributed by atoms with E-state index in [1.807, 2.05) is 12.1 Å². The molecular formula is C18H20N2O3. The molecule has 0 aliphatic heterocycles. The normalized spacial score (nSPS) is 10.0. The van der Waals surface area contributed by atoms with Gasteiger partial charge in [-0.2, -0.15) is 0 Å². The molecule has 0 aromatic heterocycles. The van der Waals surface area contributed by atoms with Crippen LogP contribution in [0.15, 0.2) is 48.5 Å². The van der Waals surface area contributed by atoms with E-state index in [0.29, 0.717) is 17.8 Å². The lowest BCUT2D eigenvalue weighted by atomic mass is 10.1. The van der Waals surface area contributed by atoms with Gasteiger partial charge in [-0.15, -0.1) is 0 Å². The van der Waals surface area contributed by atoms with Gasteiger partial charge < -0.3 is 15.4 Å². The first kappa shape index (κ1) is 16.5. The zero-order valence-electron chi connectivity index (χ0n) is 13.3. The van der Waals surface area contributed by atoms with E-state index in [4.69, 9.17) is 0 Å². The van der Waals surface area contributed by atoms with E-state index in [9.17, 15) is 9.59 Å². The van der Waals surface area contributed by atoms with Gasteiger partial charge in [-0.3, -0.25) is 0 Å². The summed E-state index contributed by atoms with van der Waals surface area (Å²) in [4.78, 5) is 23.2. The summed E-state index contributed by atoms with van der Waals surface area (Å²) in [7, 11) is 1.33. The van der Waals surface area contributed by atoms with Crippen molar-refractivity contribution < 1.29 is 14.3 Å². The summed E-state index contributed by atoms with van der Waals surface area (Å²) in [6.07, 6.45) is 0.779. The van der Waals surface area contributed by atoms with Crippen molar-refractivity contribution in [2.75, 3.05) is 19.0 Å². The van der Waals surface area contributed by atoms with Crippen LogP contribution < -0.4 is 10.6 Å². The van der Waals surface area contributed by atoms with Crippen LogP contribution in [-0.2, 0) is 11.2 Å². The summed E-state index contributed by atoms with van der Waals surface area (Å²) in [5.41, 5.74) is 3.49. The average molecular weight is 312 g/mol. The minimum Gasteiger partial charge on any atom is -0.465 e. The number of urea groups is 1. The summed E-state index contributed by atoms with van der Waals surface area (Å²) >= 11 is 0. The van der Waals surface area contributed by atoms with Gasteiger partial charge in [0.15, 0.2) is 0 Å². The summed E-state index contributed by atoms with van der Waals surface area (Å²) in [5, 5.41) is 5.54. The average Bonchev–Trinajstić information content (AvgIpc) is 2.56. The maximum atomic E-state index is 11.8. The molecule has 0 atom stereocenters. The molecule has 2 aromatic rings. The van der Waals surface area contributed by atoms with Gasteiger partial charge in [-0.1, -0.05) is 24.3 Å². The van der Waals surface area contributed by atoms with Crippen LogP contribution in [0.2, 0.25) is 0 Å². The first-order chi connectivity index (χ1) is 11.1. The molecule has 0 unspecified atom stereocenters. The molecule has 2 aromatic carbocycles. The molecule has 0 saturated carbocycles. The van der Waals surface area contributed by atoms with E-state index >= 15 is 0 Å². The molecule has 0 heterocycles. The smallest absolute Gasteiger partial charge is 0.337 e. The number of carbonyl (C=O) groups excluding carboxylic acids is 2. The van der Waals surface area contributed by atoms with Gasteiger partial charge in [-0.05, 0) is 48.7 Å². The fourth-order valence-electron chi connectivity index (χ4n) is 2.18. The van der Waals surface area contributed by atoms with Crippen molar-refractivity contribution in [2.24, 2.45) is 0 Å². The van der Waals surface area contributed by atoms with Crippen molar-refractivity contribution in [1.29, 1.82) is 0 Å². The minimum atomic E-state index is -0.403. The second-order valence-electron chi connectivity index (χ2n) is 5.13. The van der Waals surface area contributed by atoms with E-state index in [-0.39, 0.29) is 6.03 Å². The lowest BCUT2D eigenvalue weighted by Gasteiger charge is -2.09. The van der Waals surface area contributed by atoms with Gasteiger partial charge in [0.1, 0.15) is 0 Å². The maximum Gasteiger partial charge on any atom is 0.337 e. The fourth-order valence-corrected chi connectivity index (χ4v) is 2.18. The number of hydrogen-bond acceptors (Lipinski definition) is 3. The topological polar surface area (TPSA) is 67.4 Å². The van der Waals surface area contributed by atoms with Gasteiger partial charge in [0.2, 0.25) is 0 Å². The Hall–Kier alpha value is -2.82. The van der Waals surface area contributed by atoms with E-state index in [1.54, 1.807) is 24.3 Å². The van der Waals surface area contributed by atoms with Crippen molar-refractivity contribution in [3.05, 3.63) is 65.2 Å². The molecule has 2 rings (SSSR count). The Kier molecular flexibility index (Phi) is 5.74. The maximum absolute atomic E-state index is 11.8. The Morgan fingerprint density at radius 3 is 2.39 bits per heavy atom. The number of methoxy groups -OCH3 is 1. The second kappa shape index (κ2) is 7.98. The summed E-state index contributed by atoms with van der Waals surface area (Å²) in [6.45, 7) is 2.61. The fraction of sp³-hybridized carbons (Fsp3) is 0.222. The summed E-state index contributed by atoms with van der Waals surface area (Å²) in [5.74, 6) is -0.403. The Morgan fingerprint density at radius 2 is 1.74 bits per heavy atom. The Labute approximate surface area is 135 Å². The van der Waals surface area contributed by atoms with Crippen LogP contribution in [0, 0.1) is 6.92 Å². The number of aryl methyl sites for hydroxylation is 1. The van der Waals surface area contributed by atoms with Crippen LogP contribution in [0.25, 0.3) is 0 Å². The molecule has 120 valence electrons. The molecule has 0 aliphatic rings. The van der Waals surface area contributed by atoms with Gasteiger partial charge in [0.25, 0.3) is 0 Å². The summed E-state index contributed by atoms with van der Waals surface area (Å²) < 4.78 is 4.62. The molecule has 0 fully saturated rings. The number of benzene rings is 2. The summed E-state index contributed by atoms with van der Waals surface area (Å²) in [6, 6.07) is 14.4. The Bertz CT molecular complexity index is 681. The predicted octanol–water partition coefficient (Wildman–Crippen LogP) is 3.15. The Morgan fingerprint density at radius 1 is 1.04 bits per heavy atom. The van der Waals surface area contributed by atoms with Crippen molar-refractivity contribution in [3.63, 3.8) is 0 Å². The number of hydrogen-bond donors (Lipinski definition) is 2. The molecule has 2 N–H and O–H groups in total. The molecule has 5 nitrogen and oxygen atoms in total. The monoisotopic (exact) mass is 312 g/mol. The number of esters is 1. The SMILES string of the molecule is COC(=O)c1ccc(NC(=O)NCCc2ccccc2C)cc1. The number of ether oxygens (including phenoxy) is 1. The number of carbonyl (C=O) groups is 2. The quantitative estimate of drug-likeness (QED) is 0.833. The highest BCUT2D eigenvalue weighted by atomic mass is 16.5. The predicted molar refractivity (Wildman–Crippen MR) is 89.7 cm³/mol. The van der Waals surface area contributed by atoms with E-state index < -0.39 is 5.97 Å². The van der Waals surface area contributed by atoms with Crippen LogP contribution in [0.3, 0.4) is 0 Å². The standard InChI is InChI=1S/C18H20N2O3/c1-13-5-3-4-6-14(13)11-12-19-18(22)20-16-9-7-15(8-10-16)17(21)23-2/h3-10H,11-12H2,1-2H3,(H2,19,20,22). The number of amides is 2. The highest BCUT2D eigenvalue weighted by Crippen LogP contribution is 2.10. The molecule has 0 aliphatic carbocycles. The third-order valence-corrected chi connectivity index (χ3v) is 3.51. The molecule has 2 amide bonds. The van der Waals surface area contributed by atoms with Gasteiger partial charge in [-0.25, -0.2) is 9.59 Å². The van der Waals surface area contributed by atoms with Gasteiger partial charge in [0.05, 0.1) is 12.7 Å². The minimum absolute atomic E-state index is 0.274. The highest BCUT2D eigenvalue weighted by molar-refractivity contribution is 5.92. The van der Waals surface area contributed by atoms with Crippen LogP contribution in [0.5, 0.6) is 0 Å². The van der Waals surface area contributed by atoms with Crippen molar-refractivity contribution in [2.45, 2.75) is 13.3 Å². The van der Waals surface area contributed by atoms with Crippen LogP contribution >= 0.6 is 0 Å². The third kappa shape index (κ3) is 4.85. The zero-order chi connectivity index (χ0) is 16.7. The van der Waals surface area contributed by atoms with Crippen LogP contribution in [0.1, 0.15) is 21.5 Å².